The minimum absolute atomic E-state index is 0.137. The first-order chi connectivity index (χ1) is 8.66. The molecule has 0 aromatic heterocycles. The van der Waals surface area contributed by atoms with Crippen molar-refractivity contribution in [1.82, 2.24) is 0 Å². The summed E-state index contributed by atoms with van der Waals surface area (Å²) in [7, 11) is 5.41. The molecule has 0 aliphatic carbocycles. The maximum absolute atomic E-state index is 13.2. The fourth-order valence-electron chi connectivity index (χ4n) is 1.70. The molecule has 0 amide bonds. The van der Waals surface area contributed by atoms with E-state index in [0.29, 0.717) is 12.4 Å². The first-order valence-electron chi connectivity index (χ1n) is 5.89. The molecule has 2 aromatic carbocycles. The van der Waals surface area contributed by atoms with Crippen molar-refractivity contribution < 1.29 is 9.13 Å². The number of ether oxygens (including phenoxy) is 1. The summed E-state index contributed by atoms with van der Waals surface area (Å²) in [5.41, 5.74) is 1.34. The monoisotopic (exact) mass is 240 g/mol. The normalized spacial score (nSPS) is 12.1. The summed E-state index contributed by atoms with van der Waals surface area (Å²) >= 11 is 0. The SMILES string of the molecule is [B]c1ccc(OC[C@H](C)c2ccccc2)cc1F. The molecule has 2 rings (SSSR count). The minimum Gasteiger partial charge on any atom is -0.493 e. The van der Waals surface area contributed by atoms with E-state index >= 15 is 0 Å². The van der Waals surface area contributed by atoms with Crippen molar-refractivity contribution in [2.45, 2.75) is 12.8 Å². The van der Waals surface area contributed by atoms with Crippen LogP contribution >= 0.6 is 0 Å². The third-order valence-electron chi connectivity index (χ3n) is 2.84. The van der Waals surface area contributed by atoms with Crippen molar-refractivity contribution >= 4 is 13.3 Å². The van der Waals surface area contributed by atoms with E-state index in [2.05, 4.69) is 19.1 Å². The van der Waals surface area contributed by atoms with Crippen molar-refractivity contribution in [3.8, 4) is 5.75 Å². The van der Waals surface area contributed by atoms with E-state index < -0.39 is 5.82 Å². The molecule has 0 heterocycles. The lowest BCUT2D eigenvalue weighted by Crippen LogP contribution is -2.10. The number of hydrogen-bond acceptors (Lipinski definition) is 1. The molecule has 90 valence electrons. The molecule has 2 radical (unpaired) electrons. The van der Waals surface area contributed by atoms with E-state index in [1.807, 2.05) is 18.2 Å². The summed E-state index contributed by atoms with van der Waals surface area (Å²) in [6.07, 6.45) is 0. The van der Waals surface area contributed by atoms with E-state index in [1.54, 1.807) is 6.07 Å². The Balaban J connectivity index is 1.97. The zero-order valence-electron chi connectivity index (χ0n) is 10.3. The van der Waals surface area contributed by atoms with Crippen LogP contribution < -0.4 is 10.2 Å². The maximum Gasteiger partial charge on any atom is 0.122 e. The van der Waals surface area contributed by atoms with Crippen molar-refractivity contribution in [2.24, 2.45) is 0 Å². The minimum atomic E-state index is -0.445. The Morgan fingerprint density at radius 2 is 1.89 bits per heavy atom. The predicted octanol–water partition coefficient (Wildman–Crippen LogP) is 2.80. The molecule has 0 aliphatic heterocycles. The van der Waals surface area contributed by atoms with Gasteiger partial charge >= 0.3 is 0 Å². The lowest BCUT2D eigenvalue weighted by molar-refractivity contribution is 0.294. The van der Waals surface area contributed by atoms with E-state index in [-0.39, 0.29) is 11.4 Å². The first kappa shape index (κ1) is 12.7. The number of benzene rings is 2. The van der Waals surface area contributed by atoms with Gasteiger partial charge in [0.2, 0.25) is 0 Å². The lowest BCUT2D eigenvalue weighted by Gasteiger charge is -2.13. The highest BCUT2D eigenvalue weighted by Crippen LogP contribution is 2.17. The summed E-state index contributed by atoms with van der Waals surface area (Å²) in [5.74, 6) is 0.316. The molecule has 0 saturated heterocycles. The van der Waals surface area contributed by atoms with Gasteiger partial charge in [0.05, 0.1) is 6.61 Å². The molecule has 2 aromatic rings. The molecule has 1 atom stereocenters. The molecule has 3 heteroatoms. The smallest absolute Gasteiger partial charge is 0.122 e. The molecule has 0 aliphatic rings. The summed E-state index contributed by atoms with van der Waals surface area (Å²) in [4.78, 5) is 0. The van der Waals surface area contributed by atoms with E-state index in [4.69, 9.17) is 12.6 Å². The van der Waals surface area contributed by atoms with Gasteiger partial charge in [0.1, 0.15) is 19.4 Å². The van der Waals surface area contributed by atoms with Gasteiger partial charge in [-0.15, -0.1) is 0 Å². The zero-order valence-corrected chi connectivity index (χ0v) is 10.3. The number of rotatable bonds is 4. The van der Waals surface area contributed by atoms with Crippen LogP contribution in [0.4, 0.5) is 4.39 Å². The Hall–Kier alpha value is -1.77. The van der Waals surface area contributed by atoms with Gasteiger partial charge in [0, 0.05) is 12.0 Å². The van der Waals surface area contributed by atoms with Crippen LogP contribution in [-0.2, 0) is 0 Å². The summed E-state index contributed by atoms with van der Waals surface area (Å²) in [6.45, 7) is 2.58. The molecule has 18 heavy (non-hydrogen) atoms. The Bertz CT molecular complexity index is 513. The van der Waals surface area contributed by atoms with Crippen molar-refractivity contribution in [3.05, 3.63) is 59.9 Å². The van der Waals surface area contributed by atoms with Gasteiger partial charge in [-0.1, -0.05) is 48.8 Å². The van der Waals surface area contributed by atoms with Gasteiger partial charge in [-0.3, -0.25) is 0 Å². The first-order valence-corrected chi connectivity index (χ1v) is 5.89. The second-order valence-corrected chi connectivity index (χ2v) is 4.31. The topological polar surface area (TPSA) is 9.23 Å². The summed E-state index contributed by atoms with van der Waals surface area (Å²) in [6, 6.07) is 14.6. The third kappa shape index (κ3) is 3.13. The van der Waals surface area contributed by atoms with Crippen LogP contribution in [0.5, 0.6) is 5.75 Å². The van der Waals surface area contributed by atoms with Gasteiger partial charge in [0.15, 0.2) is 0 Å². The Morgan fingerprint density at radius 1 is 1.17 bits per heavy atom. The van der Waals surface area contributed by atoms with Gasteiger partial charge in [-0.2, -0.15) is 0 Å². The fraction of sp³-hybridized carbons (Fsp3) is 0.200. The van der Waals surface area contributed by atoms with E-state index in [9.17, 15) is 4.39 Å². The van der Waals surface area contributed by atoms with Gasteiger partial charge in [-0.05, 0) is 11.6 Å². The predicted molar refractivity (Wildman–Crippen MR) is 72.1 cm³/mol. The quantitative estimate of drug-likeness (QED) is 0.746. The highest BCUT2D eigenvalue weighted by atomic mass is 19.1. The van der Waals surface area contributed by atoms with Crippen LogP contribution in [0, 0.1) is 5.82 Å². The third-order valence-corrected chi connectivity index (χ3v) is 2.84. The van der Waals surface area contributed by atoms with Crippen LogP contribution in [0.2, 0.25) is 0 Å². The zero-order chi connectivity index (χ0) is 13.0. The molecule has 0 bridgehead atoms. The van der Waals surface area contributed by atoms with Gasteiger partial charge in [-0.25, -0.2) is 4.39 Å². The molecule has 0 unspecified atom stereocenters. The molecular formula is C15H14BFO. The lowest BCUT2D eigenvalue weighted by atomic mass is 9.96. The average molecular weight is 240 g/mol. The molecule has 0 fully saturated rings. The van der Waals surface area contributed by atoms with Crippen LogP contribution in [0.25, 0.3) is 0 Å². The van der Waals surface area contributed by atoms with Crippen LogP contribution in [-0.4, -0.2) is 14.5 Å². The second kappa shape index (κ2) is 5.72. The van der Waals surface area contributed by atoms with E-state index in [0.717, 1.165) is 0 Å². The van der Waals surface area contributed by atoms with Crippen LogP contribution in [0.15, 0.2) is 48.5 Å². The summed E-state index contributed by atoms with van der Waals surface area (Å²) < 4.78 is 18.8. The molecule has 0 saturated carbocycles. The Kier molecular flexibility index (Phi) is 4.03. The van der Waals surface area contributed by atoms with Gasteiger partial charge < -0.3 is 4.74 Å². The molecule has 1 nitrogen and oxygen atoms in total. The molecule has 0 N–H and O–H groups in total. The standard InChI is InChI=1S/C15H14BFO/c1-11(12-5-3-2-4-6-12)10-18-13-7-8-14(16)15(17)9-13/h2-9,11H,10H2,1H3/t11-/m0/s1. The Labute approximate surface area is 108 Å². The van der Waals surface area contributed by atoms with Crippen molar-refractivity contribution in [2.75, 3.05) is 6.61 Å². The van der Waals surface area contributed by atoms with Crippen molar-refractivity contribution in [1.29, 1.82) is 0 Å². The largest absolute Gasteiger partial charge is 0.493 e. The van der Waals surface area contributed by atoms with Crippen molar-refractivity contribution in [3.63, 3.8) is 0 Å². The van der Waals surface area contributed by atoms with Gasteiger partial charge in [0.25, 0.3) is 0 Å². The summed E-state index contributed by atoms with van der Waals surface area (Å²) in [5, 5.41) is 0. The highest BCUT2D eigenvalue weighted by molar-refractivity contribution is 6.32. The molecule has 0 spiro atoms. The maximum atomic E-state index is 13.2. The number of halogens is 1. The van der Waals surface area contributed by atoms with Crippen LogP contribution in [0.1, 0.15) is 18.4 Å². The van der Waals surface area contributed by atoms with Crippen LogP contribution in [0.3, 0.4) is 0 Å². The Morgan fingerprint density at radius 3 is 2.56 bits per heavy atom. The van der Waals surface area contributed by atoms with E-state index in [1.165, 1.54) is 17.7 Å². The average Bonchev–Trinajstić information content (AvgIpc) is 2.41. The highest BCUT2D eigenvalue weighted by Gasteiger charge is 2.06. The second-order valence-electron chi connectivity index (χ2n) is 4.31. The number of hydrogen-bond donors (Lipinski definition) is 0. The fourth-order valence-corrected chi connectivity index (χ4v) is 1.70. The molecular weight excluding hydrogens is 226 g/mol.